The third-order valence-electron chi connectivity index (χ3n) is 4.56. The number of pyridine rings is 1. The average molecular weight is 340 g/mol. The third-order valence-corrected chi connectivity index (χ3v) is 4.56. The fraction of sp³-hybridized carbons (Fsp3) is 0.211. The Hall–Kier alpha value is -2.70. The number of benzene rings is 2. The lowest BCUT2D eigenvalue weighted by Gasteiger charge is -2.15. The maximum absolute atomic E-state index is 14.8. The van der Waals surface area contributed by atoms with Crippen LogP contribution in [0.4, 0.5) is 4.39 Å². The molecule has 0 unspecified atom stereocenters. The van der Waals surface area contributed by atoms with Crippen LogP contribution in [0.5, 0.6) is 5.75 Å². The lowest BCUT2D eigenvalue weighted by Crippen LogP contribution is -2.20. The standard InChI is InChI=1S/C19H17FN2O3/c20-17-8-16-12(10-25-21)7-19(24)22(13-3-4-13)18(16)9-15(17)11-1-5-14(23)6-2-11/h1-2,5-9,13,23H,3-4,10,21H2. The van der Waals surface area contributed by atoms with Gasteiger partial charge in [0.2, 0.25) is 0 Å². The molecule has 1 aliphatic rings. The van der Waals surface area contributed by atoms with Crippen LogP contribution < -0.4 is 11.5 Å². The van der Waals surface area contributed by atoms with Gasteiger partial charge in [-0.25, -0.2) is 10.3 Å². The van der Waals surface area contributed by atoms with Crippen LogP contribution in [0.2, 0.25) is 0 Å². The van der Waals surface area contributed by atoms with E-state index >= 15 is 0 Å². The Labute approximate surface area is 143 Å². The van der Waals surface area contributed by atoms with Gasteiger partial charge in [-0.15, -0.1) is 0 Å². The van der Waals surface area contributed by atoms with Crippen molar-refractivity contribution in [2.75, 3.05) is 0 Å². The molecule has 1 saturated carbocycles. The van der Waals surface area contributed by atoms with Crippen LogP contribution in [-0.2, 0) is 11.4 Å². The summed E-state index contributed by atoms with van der Waals surface area (Å²) in [5, 5.41) is 10.1. The highest BCUT2D eigenvalue weighted by Gasteiger charge is 2.27. The molecule has 5 nitrogen and oxygen atoms in total. The topological polar surface area (TPSA) is 77.5 Å². The largest absolute Gasteiger partial charge is 0.508 e. The molecule has 0 amide bonds. The normalized spacial score (nSPS) is 14.2. The zero-order valence-electron chi connectivity index (χ0n) is 13.4. The average Bonchev–Trinajstić information content (AvgIpc) is 3.41. The highest BCUT2D eigenvalue weighted by Crippen LogP contribution is 2.38. The number of fused-ring (bicyclic) bond motifs is 1. The minimum atomic E-state index is -0.405. The van der Waals surface area contributed by atoms with E-state index in [0.29, 0.717) is 27.6 Å². The van der Waals surface area contributed by atoms with Crippen molar-refractivity contribution in [2.24, 2.45) is 5.90 Å². The molecule has 1 fully saturated rings. The molecule has 1 heterocycles. The number of rotatable bonds is 4. The van der Waals surface area contributed by atoms with E-state index in [1.807, 2.05) is 0 Å². The van der Waals surface area contributed by atoms with E-state index < -0.39 is 5.82 Å². The Bertz CT molecular complexity index is 1010. The molecule has 0 saturated heterocycles. The van der Waals surface area contributed by atoms with Crippen LogP contribution in [0, 0.1) is 5.82 Å². The van der Waals surface area contributed by atoms with Gasteiger partial charge >= 0.3 is 0 Å². The summed E-state index contributed by atoms with van der Waals surface area (Å²) in [5.41, 5.74) is 2.12. The van der Waals surface area contributed by atoms with Crippen LogP contribution in [0.3, 0.4) is 0 Å². The third kappa shape index (κ3) is 2.79. The summed E-state index contributed by atoms with van der Waals surface area (Å²) < 4.78 is 16.5. The van der Waals surface area contributed by atoms with E-state index in [4.69, 9.17) is 5.90 Å². The fourth-order valence-corrected chi connectivity index (χ4v) is 3.21. The molecule has 1 aliphatic carbocycles. The van der Waals surface area contributed by atoms with Gasteiger partial charge in [-0.1, -0.05) is 12.1 Å². The van der Waals surface area contributed by atoms with Gasteiger partial charge in [0.1, 0.15) is 11.6 Å². The van der Waals surface area contributed by atoms with Crippen molar-refractivity contribution >= 4 is 10.9 Å². The highest BCUT2D eigenvalue weighted by atomic mass is 19.1. The summed E-state index contributed by atoms with van der Waals surface area (Å²) in [6, 6.07) is 11.0. The highest BCUT2D eigenvalue weighted by molar-refractivity contribution is 5.88. The molecule has 0 bridgehead atoms. The van der Waals surface area contributed by atoms with E-state index in [9.17, 15) is 14.3 Å². The Kier molecular flexibility index (Phi) is 3.78. The first-order valence-corrected chi connectivity index (χ1v) is 8.07. The predicted molar refractivity (Wildman–Crippen MR) is 92.5 cm³/mol. The Morgan fingerprint density at radius 3 is 2.56 bits per heavy atom. The maximum Gasteiger partial charge on any atom is 0.251 e. The zero-order chi connectivity index (χ0) is 17.6. The number of aromatic nitrogens is 1. The molecule has 0 radical (unpaired) electrons. The molecule has 0 spiro atoms. The lowest BCUT2D eigenvalue weighted by molar-refractivity contribution is 0.125. The molecule has 25 heavy (non-hydrogen) atoms. The van der Waals surface area contributed by atoms with Crippen molar-refractivity contribution in [1.82, 2.24) is 4.57 Å². The minimum Gasteiger partial charge on any atom is -0.508 e. The molecular weight excluding hydrogens is 323 g/mol. The second-order valence-corrected chi connectivity index (χ2v) is 6.32. The number of halogens is 1. The van der Waals surface area contributed by atoms with E-state index in [1.165, 1.54) is 24.3 Å². The molecular formula is C19H17FN2O3. The minimum absolute atomic E-state index is 0.0369. The number of aromatic hydroxyl groups is 1. The van der Waals surface area contributed by atoms with Crippen LogP contribution >= 0.6 is 0 Å². The van der Waals surface area contributed by atoms with Gasteiger partial charge in [0, 0.05) is 23.1 Å². The smallest absolute Gasteiger partial charge is 0.251 e. The van der Waals surface area contributed by atoms with E-state index in [-0.39, 0.29) is 24.0 Å². The Balaban J connectivity index is 2.01. The number of nitrogens with zero attached hydrogens (tertiary/aromatic N) is 1. The van der Waals surface area contributed by atoms with Gasteiger partial charge in [-0.05, 0) is 48.2 Å². The number of phenolic OH excluding ortho intramolecular Hbond substituents is 1. The summed E-state index contributed by atoms with van der Waals surface area (Å²) in [5.74, 6) is 4.87. The number of phenols is 1. The number of nitrogens with two attached hydrogens (primary N) is 1. The lowest BCUT2D eigenvalue weighted by atomic mass is 10.0. The van der Waals surface area contributed by atoms with Gasteiger partial charge in [0.05, 0.1) is 12.1 Å². The molecule has 128 valence electrons. The first-order chi connectivity index (χ1) is 12.1. The monoisotopic (exact) mass is 340 g/mol. The van der Waals surface area contributed by atoms with Crippen molar-refractivity contribution < 1.29 is 14.3 Å². The zero-order valence-corrected chi connectivity index (χ0v) is 13.4. The van der Waals surface area contributed by atoms with E-state index in [1.54, 1.807) is 22.8 Å². The summed E-state index contributed by atoms with van der Waals surface area (Å²) in [6.45, 7) is 0.0369. The Morgan fingerprint density at radius 2 is 1.92 bits per heavy atom. The molecule has 2 aromatic carbocycles. The van der Waals surface area contributed by atoms with Crippen LogP contribution in [-0.4, -0.2) is 9.67 Å². The molecule has 4 rings (SSSR count). The number of hydrogen-bond acceptors (Lipinski definition) is 4. The van der Waals surface area contributed by atoms with Gasteiger partial charge < -0.3 is 9.67 Å². The quantitative estimate of drug-likeness (QED) is 0.715. The molecule has 6 heteroatoms. The molecule has 1 aromatic heterocycles. The summed E-state index contributed by atoms with van der Waals surface area (Å²) in [6.07, 6.45) is 1.88. The second kappa shape index (κ2) is 5.98. The summed E-state index contributed by atoms with van der Waals surface area (Å²) in [4.78, 5) is 17.2. The van der Waals surface area contributed by atoms with Crippen molar-refractivity contribution in [3.8, 4) is 16.9 Å². The van der Waals surface area contributed by atoms with Crippen molar-refractivity contribution in [1.29, 1.82) is 0 Å². The van der Waals surface area contributed by atoms with Crippen molar-refractivity contribution in [3.63, 3.8) is 0 Å². The maximum atomic E-state index is 14.8. The molecule has 0 atom stereocenters. The fourth-order valence-electron chi connectivity index (χ4n) is 3.21. The molecule has 0 aliphatic heterocycles. The summed E-state index contributed by atoms with van der Waals surface area (Å²) >= 11 is 0. The van der Waals surface area contributed by atoms with Gasteiger partial charge in [0.15, 0.2) is 0 Å². The van der Waals surface area contributed by atoms with Crippen LogP contribution in [0.15, 0.2) is 47.3 Å². The van der Waals surface area contributed by atoms with Crippen LogP contribution in [0.25, 0.3) is 22.0 Å². The van der Waals surface area contributed by atoms with Gasteiger partial charge in [0.25, 0.3) is 5.56 Å². The van der Waals surface area contributed by atoms with Gasteiger partial charge in [-0.2, -0.15) is 0 Å². The van der Waals surface area contributed by atoms with Crippen molar-refractivity contribution in [3.05, 3.63) is 64.2 Å². The number of hydrogen-bond donors (Lipinski definition) is 2. The second-order valence-electron chi connectivity index (χ2n) is 6.32. The SMILES string of the molecule is NOCc1cc(=O)n(C2CC2)c2cc(-c3ccc(O)cc3)c(F)cc12. The predicted octanol–water partition coefficient (Wildman–Crippen LogP) is 3.24. The van der Waals surface area contributed by atoms with E-state index in [0.717, 1.165) is 12.8 Å². The van der Waals surface area contributed by atoms with Crippen LogP contribution in [0.1, 0.15) is 24.4 Å². The van der Waals surface area contributed by atoms with E-state index in [2.05, 4.69) is 4.84 Å². The first-order valence-electron chi connectivity index (χ1n) is 8.07. The van der Waals surface area contributed by atoms with Gasteiger partial charge in [-0.3, -0.25) is 9.63 Å². The Morgan fingerprint density at radius 1 is 1.20 bits per heavy atom. The molecule has 3 aromatic rings. The summed E-state index contributed by atoms with van der Waals surface area (Å²) in [7, 11) is 0. The molecule has 3 N–H and O–H groups in total. The first kappa shape index (κ1) is 15.8. The van der Waals surface area contributed by atoms with Crippen molar-refractivity contribution in [2.45, 2.75) is 25.5 Å².